The van der Waals surface area contributed by atoms with Crippen LogP contribution in [-0.2, 0) is 21.4 Å². The number of carbonyl (C=O) groups excluding carboxylic acids is 1. The fourth-order valence-electron chi connectivity index (χ4n) is 3.00. The maximum atomic E-state index is 13.0. The number of nitrogens with zero attached hydrogens (tertiary/aromatic N) is 2. The molecule has 2 aromatic rings. The third-order valence-corrected chi connectivity index (χ3v) is 6.65. The van der Waals surface area contributed by atoms with E-state index in [0.717, 1.165) is 11.1 Å². The number of benzene rings is 2. The highest BCUT2D eigenvalue weighted by atomic mass is 32.2. The molecule has 0 bridgehead atoms. The smallest absolute Gasteiger partial charge is 0.243 e. The van der Waals surface area contributed by atoms with Gasteiger partial charge in [-0.3, -0.25) is 9.69 Å². The Bertz CT molecular complexity index is 942. The van der Waals surface area contributed by atoms with Crippen molar-refractivity contribution in [1.82, 2.24) is 9.21 Å². The molecular formula is C21H28FN3O3S. The van der Waals surface area contributed by atoms with Crippen molar-refractivity contribution in [3.63, 3.8) is 0 Å². The summed E-state index contributed by atoms with van der Waals surface area (Å²) in [7, 11) is -1.81. The molecule has 0 aliphatic carbocycles. The summed E-state index contributed by atoms with van der Waals surface area (Å²) in [4.78, 5) is 14.4. The summed E-state index contributed by atoms with van der Waals surface area (Å²) in [6.07, 6.45) is 0. The first kappa shape index (κ1) is 23.0. The van der Waals surface area contributed by atoms with Crippen molar-refractivity contribution in [2.75, 3.05) is 32.0 Å². The van der Waals surface area contributed by atoms with E-state index in [4.69, 9.17) is 0 Å². The number of nitrogens with one attached hydrogen (secondary N) is 1. The molecule has 0 saturated heterocycles. The highest BCUT2D eigenvalue weighted by Gasteiger charge is 2.22. The zero-order chi connectivity index (χ0) is 21.6. The van der Waals surface area contributed by atoms with Crippen LogP contribution in [0, 0.1) is 12.7 Å². The van der Waals surface area contributed by atoms with Gasteiger partial charge >= 0.3 is 0 Å². The van der Waals surface area contributed by atoms with Crippen LogP contribution in [-0.4, -0.2) is 50.2 Å². The highest BCUT2D eigenvalue weighted by molar-refractivity contribution is 7.89. The van der Waals surface area contributed by atoms with Crippen LogP contribution in [0.3, 0.4) is 0 Å². The highest BCUT2D eigenvalue weighted by Crippen LogP contribution is 2.23. The lowest BCUT2D eigenvalue weighted by Crippen LogP contribution is -2.31. The van der Waals surface area contributed by atoms with Crippen molar-refractivity contribution < 1.29 is 17.6 Å². The number of amides is 1. The third-order valence-electron chi connectivity index (χ3n) is 4.61. The van der Waals surface area contributed by atoms with E-state index in [-0.39, 0.29) is 23.2 Å². The van der Waals surface area contributed by atoms with E-state index in [1.807, 2.05) is 6.92 Å². The molecule has 0 aromatic heterocycles. The number of hydrogen-bond donors (Lipinski definition) is 1. The summed E-state index contributed by atoms with van der Waals surface area (Å²) in [6.45, 7) is 6.74. The minimum Gasteiger partial charge on any atom is -0.325 e. The SMILES string of the molecule is CCN(CC)S(=O)(=O)c1ccc(C)c(NC(=O)CN(C)Cc2ccc(F)cc2)c1. The molecule has 0 saturated carbocycles. The summed E-state index contributed by atoms with van der Waals surface area (Å²) >= 11 is 0. The lowest BCUT2D eigenvalue weighted by molar-refractivity contribution is -0.117. The average Bonchev–Trinajstić information content (AvgIpc) is 2.66. The zero-order valence-electron chi connectivity index (χ0n) is 17.3. The zero-order valence-corrected chi connectivity index (χ0v) is 18.1. The first-order chi connectivity index (χ1) is 13.7. The molecule has 0 aliphatic rings. The Morgan fingerprint density at radius 1 is 1.07 bits per heavy atom. The molecular weight excluding hydrogens is 393 g/mol. The first-order valence-electron chi connectivity index (χ1n) is 9.51. The average molecular weight is 422 g/mol. The molecule has 29 heavy (non-hydrogen) atoms. The summed E-state index contributed by atoms with van der Waals surface area (Å²) in [6, 6.07) is 10.9. The fraction of sp³-hybridized carbons (Fsp3) is 0.381. The molecule has 0 spiro atoms. The molecule has 8 heteroatoms. The summed E-state index contributed by atoms with van der Waals surface area (Å²) < 4.78 is 39.8. The van der Waals surface area contributed by atoms with Crippen molar-refractivity contribution in [2.45, 2.75) is 32.2 Å². The number of hydrogen-bond acceptors (Lipinski definition) is 4. The molecule has 0 unspecified atom stereocenters. The van der Waals surface area contributed by atoms with Gasteiger partial charge in [-0.1, -0.05) is 32.0 Å². The lowest BCUT2D eigenvalue weighted by atomic mass is 10.2. The molecule has 0 atom stereocenters. The van der Waals surface area contributed by atoms with Gasteiger partial charge in [-0.05, 0) is 49.4 Å². The molecule has 0 radical (unpaired) electrons. The maximum absolute atomic E-state index is 13.0. The molecule has 158 valence electrons. The van der Waals surface area contributed by atoms with Crippen LogP contribution in [0.2, 0.25) is 0 Å². The third kappa shape index (κ3) is 6.09. The Hall–Kier alpha value is -2.29. The van der Waals surface area contributed by atoms with Crippen LogP contribution in [0.4, 0.5) is 10.1 Å². The molecule has 1 amide bonds. The van der Waals surface area contributed by atoms with Crippen LogP contribution < -0.4 is 5.32 Å². The fourth-order valence-corrected chi connectivity index (χ4v) is 4.49. The van der Waals surface area contributed by atoms with Crippen molar-refractivity contribution in [2.24, 2.45) is 0 Å². The van der Waals surface area contributed by atoms with Crippen molar-refractivity contribution in [1.29, 1.82) is 0 Å². The number of likely N-dealkylation sites (N-methyl/N-ethyl adjacent to an activating group) is 1. The Kier molecular flexibility index (Phi) is 7.89. The standard InChI is InChI=1S/C21H28FN3O3S/c1-5-25(6-2)29(27,28)19-12-7-16(3)20(13-19)23-21(26)15-24(4)14-17-8-10-18(22)11-9-17/h7-13H,5-6,14-15H2,1-4H3,(H,23,26). The normalized spacial score (nSPS) is 11.8. The van der Waals surface area contributed by atoms with Gasteiger partial charge in [0.2, 0.25) is 15.9 Å². The van der Waals surface area contributed by atoms with Crippen LogP contribution in [0.1, 0.15) is 25.0 Å². The number of aryl methyl sites for hydroxylation is 1. The van der Waals surface area contributed by atoms with E-state index in [1.54, 1.807) is 50.1 Å². The van der Waals surface area contributed by atoms with Crippen LogP contribution in [0.5, 0.6) is 0 Å². The minimum atomic E-state index is -3.60. The quantitative estimate of drug-likeness (QED) is 0.675. The monoisotopic (exact) mass is 421 g/mol. The van der Waals surface area contributed by atoms with Gasteiger partial charge in [0.15, 0.2) is 0 Å². The van der Waals surface area contributed by atoms with Gasteiger partial charge in [0.05, 0.1) is 11.4 Å². The van der Waals surface area contributed by atoms with E-state index < -0.39 is 10.0 Å². The number of carbonyl (C=O) groups is 1. The van der Waals surface area contributed by atoms with E-state index in [1.165, 1.54) is 22.5 Å². The van der Waals surface area contributed by atoms with E-state index in [0.29, 0.717) is 25.3 Å². The van der Waals surface area contributed by atoms with Gasteiger partial charge in [0, 0.05) is 25.3 Å². The van der Waals surface area contributed by atoms with Crippen molar-refractivity contribution in [3.8, 4) is 0 Å². The molecule has 2 aromatic carbocycles. The topological polar surface area (TPSA) is 69.7 Å². The molecule has 2 rings (SSSR count). The number of sulfonamides is 1. The van der Waals surface area contributed by atoms with E-state index >= 15 is 0 Å². The summed E-state index contributed by atoms with van der Waals surface area (Å²) in [5, 5.41) is 2.80. The van der Waals surface area contributed by atoms with Crippen molar-refractivity contribution in [3.05, 3.63) is 59.4 Å². The van der Waals surface area contributed by atoms with Gasteiger partial charge in [-0.25, -0.2) is 12.8 Å². The second kappa shape index (κ2) is 9.96. The van der Waals surface area contributed by atoms with Gasteiger partial charge in [0.25, 0.3) is 0 Å². The van der Waals surface area contributed by atoms with Gasteiger partial charge in [-0.15, -0.1) is 0 Å². The Labute approximate surface area is 172 Å². The molecule has 1 N–H and O–H groups in total. The lowest BCUT2D eigenvalue weighted by Gasteiger charge is -2.20. The van der Waals surface area contributed by atoms with Gasteiger partial charge < -0.3 is 5.32 Å². The van der Waals surface area contributed by atoms with E-state index in [9.17, 15) is 17.6 Å². The predicted molar refractivity (Wildman–Crippen MR) is 113 cm³/mol. The van der Waals surface area contributed by atoms with Gasteiger partial charge in [-0.2, -0.15) is 4.31 Å². The largest absolute Gasteiger partial charge is 0.325 e. The van der Waals surface area contributed by atoms with Crippen molar-refractivity contribution >= 4 is 21.6 Å². The molecule has 0 aliphatic heterocycles. The molecule has 0 fully saturated rings. The molecule has 0 heterocycles. The summed E-state index contributed by atoms with van der Waals surface area (Å²) in [5.74, 6) is -0.556. The minimum absolute atomic E-state index is 0.115. The predicted octanol–water partition coefficient (Wildman–Crippen LogP) is 3.24. The Morgan fingerprint density at radius 3 is 2.28 bits per heavy atom. The van der Waals surface area contributed by atoms with Crippen LogP contribution in [0.25, 0.3) is 0 Å². The Balaban J connectivity index is 2.08. The summed E-state index contributed by atoms with van der Waals surface area (Å²) in [5.41, 5.74) is 2.14. The number of anilines is 1. The second-order valence-electron chi connectivity index (χ2n) is 6.91. The molecule has 6 nitrogen and oxygen atoms in total. The van der Waals surface area contributed by atoms with Crippen LogP contribution in [0.15, 0.2) is 47.4 Å². The second-order valence-corrected chi connectivity index (χ2v) is 8.85. The van der Waals surface area contributed by atoms with Crippen LogP contribution >= 0.6 is 0 Å². The maximum Gasteiger partial charge on any atom is 0.243 e. The van der Waals surface area contributed by atoms with E-state index in [2.05, 4.69) is 5.32 Å². The number of rotatable bonds is 9. The first-order valence-corrected chi connectivity index (χ1v) is 10.9. The Morgan fingerprint density at radius 2 is 1.69 bits per heavy atom. The number of halogens is 1. The van der Waals surface area contributed by atoms with Gasteiger partial charge in [0.1, 0.15) is 5.82 Å².